The average Bonchev–Trinajstić information content (AvgIpc) is 3.46. The van der Waals surface area contributed by atoms with Crippen LogP contribution in [0, 0.1) is 0 Å². The van der Waals surface area contributed by atoms with Gasteiger partial charge in [0.05, 0.1) is 19.0 Å². The van der Waals surface area contributed by atoms with E-state index in [0.717, 1.165) is 36.3 Å². The Hall–Kier alpha value is -2.03. The first-order valence-corrected chi connectivity index (χ1v) is 17.9. The number of fused-ring (bicyclic) bond motifs is 1. The van der Waals surface area contributed by atoms with Gasteiger partial charge in [-0.3, -0.25) is 4.57 Å². The van der Waals surface area contributed by atoms with Crippen LogP contribution in [0.15, 0.2) is 17.8 Å². The Morgan fingerprint density at radius 2 is 1.54 bits per heavy atom. The Morgan fingerprint density at radius 1 is 0.971 bits per heavy atom. The van der Waals surface area contributed by atoms with Gasteiger partial charge in [0, 0.05) is 4.91 Å². The van der Waals surface area contributed by atoms with Crippen LogP contribution in [0.1, 0.15) is 47.8 Å². The molecule has 1 unspecified atom stereocenters. The van der Waals surface area contributed by atoms with Crippen molar-refractivity contribution in [2.75, 3.05) is 12.3 Å². The molecular formula is C22H40N8O3Si2. The summed E-state index contributed by atoms with van der Waals surface area (Å²) in [5.74, 6) is 0.316. The van der Waals surface area contributed by atoms with Crippen molar-refractivity contribution in [2.45, 2.75) is 102 Å². The molecule has 0 spiro atoms. The number of nitrogen functional groups attached to an aromatic ring is 1. The molecule has 0 radical (unpaired) electrons. The number of hydrogen-bond acceptors (Lipinski definition) is 8. The Bertz CT molecular complexity index is 1010. The standard InChI is InChI=1S/C22H40N8O3Si2/c1-7-34(8-2,9-3)32-18-16(13-28-29-24)31-22(19(18)33-35(10-4,11-5)12-6)30-15-27-17-20(23)25-14-26-21(17)30/h14-16,18-19,22H,7-13H2,1-6H3,(H2,23,25,26)/t16-,18+,19?,22-/m1/s1. The predicted molar refractivity (Wildman–Crippen MR) is 142 cm³/mol. The largest absolute Gasteiger partial charge is 0.408 e. The number of ether oxygens (including phenoxy) is 1. The fourth-order valence-corrected chi connectivity index (χ4v) is 10.8. The maximum atomic E-state index is 9.07. The monoisotopic (exact) mass is 520 g/mol. The molecule has 0 aliphatic carbocycles. The van der Waals surface area contributed by atoms with Gasteiger partial charge in [0.1, 0.15) is 24.1 Å². The van der Waals surface area contributed by atoms with Crippen LogP contribution in [0.2, 0.25) is 36.3 Å². The van der Waals surface area contributed by atoms with Gasteiger partial charge in [0.2, 0.25) is 0 Å². The molecular weight excluding hydrogens is 480 g/mol. The van der Waals surface area contributed by atoms with E-state index >= 15 is 0 Å². The maximum absolute atomic E-state index is 9.07. The van der Waals surface area contributed by atoms with Crippen LogP contribution in [0.4, 0.5) is 5.82 Å². The molecule has 0 bridgehead atoms. The minimum atomic E-state index is -2.06. The van der Waals surface area contributed by atoms with Gasteiger partial charge in [0.25, 0.3) is 0 Å². The molecule has 3 heterocycles. The minimum Gasteiger partial charge on any atom is -0.408 e. The molecule has 0 saturated carbocycles. The van der Waals surface area contributed by atoms with E-state index in [4.69, 9.17) is 24.9 Å². The highest BCUT2D eigenvalue weighted by Crippen LogP contribution is 2.41. The minimum absolute atomic E-state index is 0.168. The molecule has 11 nitrogen and oxygen atoms in total. The quantitative estimate of drug-likeness (QED) is 0.161. The van der Waals surface area contributed by atoms with Crippen molar-refractivity contribution in [3.8, 4) is 0 Å². The molecule has 2 aromatic rings. The van der Waals surface area contributed by atoms with Gasteiger partial charge < -0.3 is 19.3 Å². The third-order valence-electron chi connectivity index (χ3n) is 7.91. The Balaban J connectivity index is 2.14. The van der Waals surface area contributed by atoms with Gasteiger partial charge in [-0.1, -0.05) is 46.7 Å². The summed E-state index contributed by atoms with van der Waals surface area (Å²) in [6.45, 7) is 13.4. The molecule has 1 aliphatic heterocycles. The van der Waals surface area contributed by atoms with E-state index in [0.29, 0.717) is 17.0 Å². The van der Waals surface area contributed by atoms with E-state index in [-0.39, 0.29) is 18.8 Å². The first kappa shape index (κ1) is 27.6. The van der Waals surface area contributed by atoms with Gasteiger partial charge >= 0.3 is 0 Å². The normalized spacial score (nSPS) is 23.0. The van der Waals surface area contributed by atoms with Crippen molar-refractivity contribution in [1.29, 1.82) is 0 Å². The molecule has 1 aliphatic rings. The third kappa shape index (κ3) is 5.39. The Kier molecular flexibility index (Phi) is 9.30. The van der Waals surface area contributed by atoms with Crippen molar-refractivity contribution in [3.63, 3.8) is 0 Å². The summed E-state index contributed by atoms with van der Waals surface area (Å²) in [5, 5.41) is 3.87. The zero-order valence-electron chi connectivity index (χ0n) is 21.8. The molecule has 3 rings (SSSR count). The molecule has 0 amide bonds. The van der Waals surface area contributed by atoms with Gasteiger partial charge in [-0.05, 0) is 41.8 Å². The van der Waals surface area contributed by atoms with Crippen molar-refractivity contribution < 1.29 is 13.6 Å². The van der Waals surface area contributed by atoms with Crippen LogP contribution < -0.4 is 5.73 Å². The summed E-state index contributed by atoms with van der Waals surface area (Å²) in [5.41, 5.74) is 16.2. The van der Waals surface area contributed by atoms with E-state index in [1.807, 2.05) is 4.57 Å². The predicted octanol–water partition coefficient (Wildman–Crippen LogP) is 5.40. The SMILES string of the molecule is CC[Si](CC)(CC)OC1[C@@H](O[Si](CC)(CC)CC)[C@@H](CN=[N+]=[N-])O[C@H]1n1cnc2c(N)ncnc21. The lowest BCUT2D eigenvalue weighted by molar-refractivity contribution is -0.0281. The van der Waals surface area contributed by atoms with Crippen molar-refractivity contribution in [2.24, 2.45) is 5.11 Å². The summed E-state index contributed by atoms with van der Waals surface area (Å²) >= 11 is 0. The first-order valence-electron chi connectivity index (χ1n) is 12.8. The fraction of sp³-hybridized carbons (Fsp3) is 0.773. The summed E-state index contributed by atoms with van der Waals surface area (Å²) in [6, 6.07) is 5.98. The second kappa shape index (κ2) is 11.8. The second-order valence-corrected chi connectivity index (χ2v) is 18.7. The van der Waals surface area contributed by atoms with E-state index in [9.17, 15) is 0 Å². The first-order chi connectivity index (χ1) is 16.9. The van der Waals surface area contributed by atoms with Gasteiger partial charge in [-0.25, -0.2) is 15.0 Å². The highest BCUT2D eigenvalue weighted by molar-refractivity contribution is 6.74. The molecule has 1 saturated heterocycles. The molecule has 2 aromatic heterocycles. The molecule has 0 aromatic carbocycles. The van der Waals surface area contributed by atoms with Crippen molar-refractivity contribution in [1.82, 2.24) is 19.5 Å². The van der Waals surface area contributed by atoms with Crippen LogP contribution in [-0.2, 0) is 13.6 Å². The van der Waals surface area contributed by atoms with E-state index in [1.165, 1.54) is 6.33 Å². The number of aromatic nitrogens is 4. The highest BCUT2D eigenvalue weighted by atomic mass is 28.4. The molecule has 13 heteroatoms. The fourth-order valence-electron chi connectivity index (χ4n) is 5.10. The lowest BCUT2D eigenvalue weighted by atomic mass is 10.1. The van der Waals surface area contributed by atoms with Crippen LogP contribution in [0.5, 0.6) is 0 Å². The zero-order chi connectivity index (χ0) is 25.6. The molecule has 194 valence electrons. The topological polar surface area (TPSA) is 146 Å². The van der Waals surface area contributed by atoms with Crippen LogP contribution in [-0.4, -0.2) is 61.0 Å². The smallest absolute Gasteiger partial charge is 0.192 e. The van der Waals surface area contributed by atoms with Gasteiger partial charge in [-0.15, -0.1) is 0 Å². The summed E-state index contributed by atoms with van der Waals surface area (Å²) in [6.07, 6.45) is 1.40. The maximum Gasteiger partial charge on any atom is 0.192 e. The molecule has 4 atom stereocenters. The number of imidazole rings is 1. The molecule has 35 heavy (non-hydrogen) atoms. The van der Waals surface area contributed by atoms with E-state index in [1.54, 1.807) is 6.33 Å². The number of azide groups is 1. The Labute approximate surface area is 209 Å². The van der Waals surface area contributed by atoms with Gasteiger partial charge in [0.15, 0.2) is 34.3 Å². The summed E-state index contributed by atoms with van der Waals surface area (Å²) in [4.78, 5) is 16.0. The number of hydrogen-bond donors (Lipinski definition) is 1. The van der Waals surface area contributed by atoms with Gasteiger partial charge in [-0.2, -0.15) is 0 Å². The van der Waals surface area contributed by atoms with Crippen LogP contribution in [0.25, 0.3) is 21.6 Å². The lowest BCUT2D eigenvalue weighted by Gasteiger charge is -2.39. The average molecular weight is 521 g/mol. The summed E-state index contributed by atoms with van der Waals surface area (Å²) < 4.78 is 22.6. The number of rotatable bonds is 13. The third-order valence-corrected chi connectivity index (χ3v) is 17.2. The lowest BCUT2D eigenvalue weighted by Crippen LogP contribution is -2.51. The number of nitrogens with zero attached hydrogens (tertiary/aromatic N) is 7. The summed E-state index contributed by atoms with van der Waals surface area (Å²) in [7, 11) is -4.10. The number of nitrogens with two attached hydrogens (primary N) is 1. The van der Waals surface area contributed by atoms with Crippen LogP contribution >= 0.6 is 0 Å². The second-order valence-electron chi connectivity index (χ2n) is 9.21. The Morgan fingerprint density at radius 3 is 2.09 bits per heavy atom. The zero-order valence-corrected chi connectivity index (χ0v) is 23.8. The highest BCUT2D eigenvalue weighted by Gasteiger charge is 2.52. The number of anilines is 1. The molecule has 1 fully saturated rings. The van der Waals surface area contributed by atoms with E-state index in [2.05, 4.69) is 66.5 Å². The van der Waals surface area contributed by atoms with Crippen LogP contribution in [0.3, 0.4) is 0 Å². The van der Waals surface area contributed by atoms with Crippen molar-refractivity contribution >= 4 is 33.6 Å². The van der Waals surface area contributed by atoms with E-state index < -0.39 is 29.0 Å². The molecule has 2 N–H and O–H groups in total. The van der Waals surface area contributed by atoms with Crippen molar-refractivity contribution in [3.05, 3.63) is 23.1 Å².